The first-order valence-electron chi connectivity index (χ1n) is 10.5. The van der Waals surface area contributed by atoms with Crippen molar-refractivity contribution in [1.29, 1.82) is 0 Å². The lowest BCUT2D eigenvalue weighted by molar-refractivity contribution is 0.0950. The second kappa shape index (κ2) is 10.2. The van der Waals surface area contributed by atoms with Crippen molar-refractivity contribution in [1.82, 2.24) is 15.0 Å². The number of nitrogens with one attached hydrogen (secondary N) is 2. The highest BCUT2D eigenvalue weighted by molar-refractivity contribution is 7.89. The molecule has 2 aromatic heterocycles. The first-order valence-corrected chi connectivity index (χ1v) is 12.9. The number of thiophene rings is 1. The smallest absolute Gasteiger partial charge is 0.251 e. The molecule has 7 nitrogen and oxygen atoms in total. The van der Waals surface area contributed by atoms with Gasteiger partial charge in [0.1, 0.15) is 6.10 Å². The van der Waals surface area contributed by atoms with Gasteiger partial charge in [-0.1, -0.05) is 6.07 Å². The summed E-state index contributed by atoms with van der Waals surface area (Å²) < 4.78 is 33.4. The summed E-state index contributed by atoms with van der Waals surface area (Å²) in [7, 11) is -3.64. The van der Waals surface area contributed by atoms with Gasteiger partial charge in [-0.3, -0.25) is 4.79 Å². The van der Waals surface area contributed by atoms with Gasteiger partial charge in [-0.2, -0.15) is 0 Å². The fourth-order valence-corrected chi connectivity index (χ4v) is 5.28. The Kier molecular flexibility index (Phi) is 7.19. The molecule has 0 atom stereocenters. The van der Waals surface area contributed by atoms with Crippen LogP contribution in [0.5, 0.6) is 5.88 Å². The average molecular weight is 472 g/mol. The first-order chi connectivity index (χ1) is 15.5. The number of carbonyl (C=O) groups excluding carboxylic acids is 1. The summed E-state index contributed by atoms with van der Waals surface area (Å²) in [6, 6.07) is 13.3. The maximum absolute atomic E-state index is 12.5. The molecule has 4 rings (SSSR count). The second-order valence-electron chi connectivity index (χ2n) is 7.64. The number of hydrogen-bond donors (Lipinski definition) is 2. The second-order valence-corrected chi connectivity index (χ2v) is 10.4. The van der Waals surface area contributed by atoms with Gasteiger partial charge < -0.3 is 10.1 Å². The summed E-state index contributed by atoms with van der Waals surface area (Å²) in [4.78, 5) is 17.8. The van der Waals surface area contributed by atoms with Crippen LogP contribution in [0, 0.1) is 0 Å². The van der Waals surface area contributed by atoms with Gasteiger partial charge in [0, 0.05) is 35.8 Å². The molecular weight excluding hydrogens is 446 g/mol. The Morgan fingerprint density at radius 3 is 2.59 bits per heavy atom. The van der Waals surface area contributed by atoms with E-state index in [4.69, 9.17) is 4.74 Å². The Bertz CT molecular complexity index is 1140. The lowest BCUT2D eigenvalue weighted by Crippen LogP contribution is -2.24. The Hall–Kier alpha value is -2.75. The predicted molar refractivity (Wildman–Crippen MR) is 123 cm³/mol. The number of benzene rings is 1. The van der Waals surface area contributed by atoms with Crippen LogP contribution in [0.4, 0.5) is 0 Å². The van der Waals surface area contributed by atoms with E-state index in [2.05, 4.69) is 15.0 Å². The number of amides is 1. The molecule has 0 saturated heterocycles. The largest absolute Gasteiger partial charge is 0.474 e. The van der Waals surface area contributed by atoms with Crippen molar-refractivity contribution < 1.29 is 17.9 Å². The van der Waals surface area contributed by atoms with Crippen molar-refractivity contribution in [3.8, 4) is 5.88 Å². The van der Waals surface area contributed by atoms with Crippen LogP contribution in [0.25, 0.3) is 0 Å². The maximum atomic E-state index is 12.5. The quantitative estimate of drug-likeness (QED) is 0.494. The van der Waals surface area contributed by atoms with Crippen molar-refractivity contribution in [2.75, 3.05) is 0 Å². The van der Waals surface area contributed by atoms with Crippen LogP contribution in [-0.2, 0) is 23.1 Å². The first kappa shape index (κ1) is 22.4. The fourth-order valence-electron chi connectivity index (χ4n) is 3.53. The molecule has 1 fully saturated rings. The van der Waals surface area contributed by atoms with E-state index >= 15 is 0 Å². The zero-order chi connectivity index (χ0) is 22.4. The number of sulfonamides is 1. The molecule has 1 saturated carbocycles. The molecule has 0 unspecified atom stereocenters. The number of carbonyl (C=O) groups is 1. The van der Waals surface area contributed by atoms with Gasteiger partial charge >= 0.3 is 0 Å². The molecule has 1 amide bonds. The number of pyridine rings is 1. The number of nitrogens with zero attached hydrogens (tertiary/aromatic N) is 1. The standard InChI is InChI=1S/C23H25N3O4S2/c27-23(25-15-17-11-12-24-22(14-17)30-19-4-1-2-5-19)18-7-9-21(10-8-18)32(28,29)26-16-20-6-3-13-31-20/h3,6-14,19,26H,1-2,4-5,15-16H2,(H,25,27). The molecule has 3 aromatic rings. The molecule has 0 aliphatic heterocycles. The Labute approximate surface area is 191 Å². The monoisotopic (exact) mass is 471 g/mol. The minimum absolute atomic E-state index is 0.119. The zero-order valence-corrected chi connectivity index (χ0v) is 19.1. The molecule has 2 heterocycles. The number of aromatic nitrogens is 1. The highest BCUT2D eigenvalue weighted by atomic mass is 32.2. The minimum Gasteiger partial charge on any atom is -0.474 e. The van der Waals surface area contributed by atoms with Crippen molar-refractivity contribution in [3.63, 3.8) is 0 Å². The van der Waals surface area contributed by atoms with Gasteiger partial charge in [-0.15, -0.1) is 11.3 Å². The molecule has 0 radical (unpaired) electrons. The van der Waals surface area contributed by atoms with Crippen LogP contribution in [-0.4, -0.2) is 25.4 Å². The molecule has 1 aliphatic rings. The SMILES string of the molecule is O=C(NCc1ccnc(OC2CCCC2)c1)c1ccc(S(=O)(=O)NCc2cccs2)cc1. The number of hydrogen-bond acceptors (Lipinski definition) is 6. The van der Waals surface area contributed by atoms with Gasteiger partial charge in [0.15, 0.2) is 0 Å². The normalized spacial score (nSPS) is 14.4. The van der Waals surface area contributed by atoms with Crippen LogP contribution in [0.15, 0.2) is 65.0 Å². The summed E-state index contributed by atoms with van der Waals surface area (Å²) in [6.07, 6.45) is 6.38. The van der Waals surface area contributed by atoms with Crippen molar-refractivity contribution >= 4 is 27.3 Å². The van der Waals surface area contributed by atoms with Gasteiger partial charge in [0.05, 0.1) is 4.90 Å². The highest BCUT2D eigenvalue weighted by Crippen LogP contribution is 2.23. The molecule has 168 valence electrons. The molecule has 1 aliphatic carbocycles. The summed E-state index contributed by atoms with van der Waals surface area (Å²) >= 11 is 1.49. The third-order valence-electron chi connectivity index (χ3n) is 5.29. The minimum atomic E-state index is -3.64. The van der Waals surface area contributed by atoms with Crippen LogP contribution in [0.1, 0.15) is 46.5 Å². The predicted octanol–water partition coefficient (Wildman–Crippen LogP) is 3.87. The molecule has 32 heavy (non-hydrogen) atoms. The summed E-state index contributed by atoms with van der Waals surface area (Å²) in [5, 5.41) is 4.75. The van der Waals surface area contributed by atoms with E-state index < -0.39 is 10.0 Å². The molecule has 0 spiro atoms. The van der Waals surface area contributed by atoms with Crippen molar-refractivity contribution in [3.05, 3.63) is 76.1 Å². The van der Waals surface area contributed by atoms with Crippen molar-refractivity contribution in [2.24, 2.45) is 0 Å². The summed E-state index contributed by atoms with van der Waals surface area (Å²) in [5.41, 5.74) is 1.28. The van der Waals surface area contributed by atoms with Crippen LogP contribution in [0.2, 0.25) is 0 Å². The Morgan fingerprint density at radius 2 is 1.88 bits per heavy atom. The van der Waals surface area contributed by atoms with E-state index in [1.165, 1.54) is 48.4 Å². The van der Waals surface area contributed by atoms with E-state index in [9.17, 15) is 13.2 Å². The molecule has 2 N–H and O–H groups in total. The Balaban J connectivity index is 1.32. The van der Waals surface area contributed by atoms with E-state index in [0.717, 1.165) is 23.3 Å². The third-order valence-corrected chi connectivity index (χ3v) is 7.58. The van der Waals surface area contributed by atoms with E-state index in [1.54, 1.807) is 6.20 Å². The molecular formula is C23H25N3O4S2. The summed E-state index contributed by atoms with van der Waals surface area (Å²) in [5.74, 6) is 0.295. The maximum Gasteiger partial charge on any atom is 0.251 e. The summed E-state index contributed by atoms with van der Waals surface area (Å²) in [6.45, 7) is 0.561. The van der Waals surface area contributed by atoms with E-state index in [0.29, 0.717) is 18.0 Å². The lowest BCUT2D eigenvalue weighted by atomic mass is 10.2. The molecule has 0 bridgehead atoms. The van der Waals surface area contributed by atoms with Crippen LogP contribution in [0.3, 0.4) is 0 Å². The lowest BCUT2D eigenvalue weighted by Gasteiger charge is -2.13. The van der Waals surface area contributed by atoms with Crippen molar-refractivity contribution in [2.45, 2.75) is 49.8 Å². The van der Waals surface area contributed by atoms with Gasteiger partial charge in [-0.05, 0) is 73.0 Å². The van der Waals surface area contributed by atoms with E-state index in [1.807, 2.05) is 29.6 Å². The highest BCUT2D eigenvalue weighted by Gasteiger charge is 2.17. The third kappa shape index (κ3) is 5.93. The fraction of sp³-hybridized carbons (Fsp3) is 0.304. The Morgan fingerprint density at radius 1 is 1.09 bits per heavy atom. The van der Waals surface area contributed by atoms with Crippen LogP contribution >= 0.6 is 11.3 Å². The topological polar surface area (TPSA) is 97.4 Å². The van der Waals surface area contributed by atoms with Gasteiger partial charge in [0.2, 0.25) is 15.9 Å². The number of ether oxygens (including phenoxy) is 1. The zero-order valence-electron chi connectivity index (χ0n) is 17.5. The number of rotatable bonds is 9. The van der Waals surface area contributed by atoms with Gasteiger partial charge in [0.25, 0.3) is 5.91 Å². The average Bonchev–Trinajstić information content (AvgIpc) is 3.51. The molecule has 1 aromatic carbocycles. The van der Waals surface area contributed by atoms with E-state index in [-0.39, 0.29) is 23.5 Å². The van der Waals surface area contributed by atoms with Gasteiger partial charge in [-0.25, -0.2) is 18.1 Å². The van der Waals surface area contributed by atoms with Crippen LogP contribution < -0.4 is 14.8 Å². The molecule has 9 heteroatoms.